The van der Waals surface area contributed by atoms with Gasteiger partial charge in [-0.3, -0.25) is 4.79 Å². The summed E-state index contributed by atoms with van der Waals surface area (Å²) >= 11 is 3.38. The molecule has 0 spiro atoms. The van der Waals surface area contributed by atoms with Crippen molar-refractivity contribution >= 4 is 39.0 Å². The number of fused-ring (bicyclic) bond motifs is 1. The first-order valence-electron chi connectivity index (χ1n) is 9.70. The van der Waals surface area contributed by atoms with Gasteiger partial charge in [-0.2, -0.15) is 9.78 Å². The number of aryl methyl sites for hydroxylation is 1. The van der Waals surface area contributed by atoms with Gasteiger partial charge in [0.2, 0.25) is 0 Å². The van der Waals surface area contributed by atoms with Crippen LogP contribution >= 0.6 is 15.9 Å². The Morgan fingerprint density at radius 3 is 2.78 bits per heavy atom. The third-order valence-electron chi connectivity index (χ3n) is 4.77. The number of rotatable bonds is 6. The van der Waals surface area contributed by atoms with Gasteiger partial charge in [-0.15, -0.1) is 0 Å². The summed E-state index contributed by atoms with van der Waals surface area (Å²) in [5.41, 5.74) is 1.94. The molecular weight excluding hydrogens is 474 g/mol. The van der Waals surface area contributed by atoms with Crippen LogP contribution in [0.1, 0.15) is 27.3 Å². The van der Waals surface area contributed by atoms with Crippen LogP contribution in [0.15, 0.2) is 81.1 Å². The van der Waals surface area contributed by atoms with E-state index in [4.69, 9.17) is 9.84 Å². The number of aromatic nitrogens is 2. The Balaban J connectivity index is 1.62. The summed E-state index contributed by atoms with van der Waals surface area (Å²) in [5, 5.41) is 14.0. The summed E-state index contributed by atoms with van der Waals surface area (Å²) in [7, 11) is 0. The summed E-state index contributed by atoms with van der Waals surface area (Å²) in [6.07, 6.45) is 1.54. The highest BCUT2D eigenvalue weighted by atomic mass is 79.9. The second kappa shape index (κ2) is 9.15. The normalized spacial score (nSPS) is 11.2. The first-order chi connectivity index (χ1) is 15.4. The Morgan fingerprint density at radius 1 is 1.16 bits per heavy atom. The van der Waals surface area contributed by atoms with Crippen LogP contribution in [0, 0.1) is 6.92 Å². The molecule has 0 amide bonds. The van der Waals surface area contributed by atoms with Crippen LogP contribution in [-0.2, 0) is 6.61 Å². The average molecular weight is 492 g/mol. The van der Waals surface area contributed by atoms with Crippen LogP contribution in [-0.4, -0.2) is 27.0 Å². The molecule has 0 aliphatic heterocycles. The number of carboxylic acid groups (broad SMARTS) is 1. The first kappa shape index (κ1) is 21.5. The Kier molecular flexibility index (Phi) is 6.13. The molecule has 0 aliphatic rings. The Hall–Kier alpha value is -3.78. The smallest absolute Gasteiger partial charge is 0.335 e. The topological polar surface area (TPSA) is 93.8 Å². The molecule has 8 heteroatoms. The van der Waals surface area contributed by atoms with Crippen molar-refractivity contribution in [3.8, 4) is 5.75 Å². The fraction of sp³-hybridized carbons (Fsp3) is 0.0833. The summed E-state index contributed by atoms with van der Waals surface area (Å²) in [6.45, 7) is 1.91. The highest BCUT2D eigenvalue weighted by Gasteiger charge is 2.09. The Labute approximate surface area is 191 Å². The van der Waals surface area contributed by atoms with Crippen LogP contribution in [0.3, 0.4) is 0 Å². The maximum Gasteiger partial charge on any atom is 0.335 e. The van der Waals surface area contributed by atoms with Gasteiger partial charge in [0.05, 0.1) is 22.7 Å². The molecule has 7 nitrogen and oxygen atoms in total. The molecule has 0 saturated heterocycles. The van der Waals surface area contributed by atoms with Crippen LogP contribution < -0.4 is 10.3 Å². The summed E-state index contributed by atoms with van der Waals surface area (Å²) in [4.78, 5) is 28.5. The van der Waals surface area contributed by atoms with Crippen molar-refractivity contribution in [3.05, 3.63) is 104 Å². The minimum Gasteiger partial charge on any atom is -0.488 e. The highest BCUT2D eigenvalue weighted by Crippen LogP contribution is 2.19. The Bertz CT molecular complexity index is 1410. The molecule has 0 aliphatic carbocycles. The molecule has 0 saturated carbocycles. The van der Waals surface area contributed by atoms with E-state index in [2.05, 4.69) is 26.0 Å². The molecular formula is C24H18BrN3O4. The van der Waals surface area contributed by atoms with Crippen molar-refractivity contribution in [2.24, 2.45) is 5.10 Å². The molecule has 32 heavy (non-hydrogen) atoms. The van der Waals surface area contributed by atoms with Gasteiger partial charge in [-0.1, -0.05) is 40.2 Å². The van der Waals surface area contributed by atoms with Crippen molar-refractivity contribution < 1.29 is 14.6 Å². The lowest BCUT2D eigenvalue weighted by atomic mass is 10.1. The van der Waals surface area contributed by atoms with Crippen LogP contribution in [0.25, 0.3) is 10.9 Å². The molecule has 1 heterocycles. The average Bonchev–Trinajstić information content (AvgIpc) is 2.79. The number of nitrogens with zero attached hydrogens (tertiary/aromatic N) is 3. The van der Waals surface area contributed by atoms with E-state index in [1.165, 1.54) is 10.7 Å². The molecule has 160 valence electrons. The zero-order valence-corrected chi connectivity index (χ0v) is 18.6. The number of aromatic carboxylic acids is 1. The maximum absolute atomic E-state index is 12.9. The van der Waals surface area contributed by atoms with Gasteiger partial charge in [-0.05, 0) is 55.0 Å². The lowest BCUT2D eigenvalue weighted by Gasteiger charge is -2.10. The van der Waals surface area contributed by atoms with Crippen molar-refractivity contribution in [2.75, 3.05) is 0 Å². The van der Waals surface area contributed by atoms with E-state index in [1.54, 1.807) is 49.5 Å². The maximum atomic E-state index is 12.9. The van der Waals surface area contributed by atoms with Crippen molar-refractivity contribution in [3.63, 3.8) is 0 Å². The van der Waals surface area contributed by atoms with Crippen LogP contribution in [0.2, 0.25) is 0 Å². The molecule has 0 bridgehead atoms. The summed E-state index contributed by atoms with van der Waals surface area (Å²) in [5.74, 6) is 0.0281. The molecule has 1 N–H and O–H groups in total. The van der Waals surface area contributed by atoms with E-state index in [-0.39, 0.29) is 17.7 Å². The highest BCUT2D eigenvalue weighted by molar-refractivity contribution is 9.10. The van der Waals surface area contributed by atoms with E-state index in [9.17, 15) is 9.59 Å². The van der Waals surface area contributed by atoms with Crippen molar-refractivity contribution in [1.29, 1.82) is 0 Å². The molecule has 3 aromatic carbocycles. The SMILES string of the molecule is Cc1nc2ccc(Br)cc2c(=O)n1N=Cc1ccccc1OCc1cccc(C(=O)O)c1. The van der Waals surface area contributed by atoms with Gasteiger partial charge in [0.1, 0.15) is 18.2 Å². The quantitative estimate of drug-likeness (QED) is 0.397. The second-order valence-electron chi connectivity index (χ2n) is 7.01. The minimum absolute atomic E-state index is 0.191. The van der Waals surface area contributed by atoms with Gasteiger partial charge in [-0.25, -0.2) is 9.78 Å². The molecule has 0 atom stereocenters. The molecule has 0 fully saturated rings. The van der Waals surface area contributed by atoms with Gasteiger partial charge < -0.3 is 9.84 Å². The number of carboxylic acids is 1. The fourth-order valence-corrected chi connectivity index (χ4v) is 3.55. The zero-order valence-electron chi connectivity index (χ0n) is 17.0. The number of para-hydroxylation sites is 1. The van der Waals surface area contributed by atoms with Gasteiger partial charge in [0.25, 0.3) is 5.56 Å². The summed E-state index contributed by atoms with van der Waals surface area (Å²) in [6, 6.07) is 19.2. The van der Waals surface area contributed by atoms with E-state index in [0.717, 1.165) is 10.0 Å². The second-order valence-corrected chi connectivity index (χ2v) is 7.93. The van der Waals surface area contributed by atoms with Gasteiger partial charge in [0.15, 0.2) is 0 Å². The van der Waals surface area contributed by atoms with E-state index in [0.29, 0.717) is 28.0 Å². The lowest BCUT2D eigenvalue weighted by molar-refractivity contribution is 0.0696. The zero-order chi connectivity index (χ0) is 22.7. The minimum atomic E-state index is -0.990. The monoisotopic (exact) mass is 491 g/mol. The largest absolute Gasteiger partial charge is 0.488 e. The molecule has 1 aromatic heterocycles. The third-order valence-corrected chi connectivity index (χ3v) is 5.26. The standard InChI is InChI=1S/C24H18BrN3O4/c1-15-27-21-10-9-19(25)12-20(21)23(29)28(15)26-13-18-6-2-3-8-22(18)32-14-16-5-4-7-17(11-16)24(30)31/h2-13H,14H2,1H3,(H,30,31). The predicted octanol–water partition coefficient (Wildman–Crippen LogP) is 4.63. The molecule has 4 aromatic rings. The first-order valence-corrected chi connectivity index (χ1v) is 10.5. The number of halogens is 1. The molecule has 4 rings (SSSR count). The number of ether oxygens (including phenoxy) is 1. The molecule has 0 unspecified atom stereocenters. The third kappa shape index (κ3) is 4.60. The predicted molar refractivity (Wildman–Crippen MR) is 126 cm³/mol. The lowest BCUT2D eigenvalue weighted by Crippen LogP contribution is -2.20. The number of hydrogen-bond acceptors (Lipinski definition) is 5. The van der Waals surface area contributed by atoms with E-state index < -0.39 is 5.97 Å². The Morgan fingerprint density at radius 2 is 1.97 bits per heavy atom. The number of carbonyl (C=O) groups is 1. The number of hydrogen-bond donors (Lipinski definition) is 1. The van der Waals surface area contributed by atoms with Crippen LogP contribution in [0.5, 0.6) is 5.75 Å². The molecule has 0 radical (unpaired) electrons. The van der Waals surface area contributed by atoms with Gasteiger partial charge in [0, 0.05) is 10.0 Å². The summed E-state index contributed by atoms with van der Waals surface area (Å²) < 4.78 is 7.94. The van der Waals surface area contributed by atoms with Gasteiger partial charge >= 0.3 is 5.97 Å². The van der Waals surface area contributed by atoms with Crippen LogP contribution in [0.4, 0.5) is 0 Å². The number of benzene rings is 3. The van der Waals surface area contributed by atoms with Crippen molar-refractivity contribution in [1.82, 2.24) is 9.66 Å². The van der Waals surface area contributed by atoms with E-state index in [1.807, 2.05) is 24.3 Å². The van der Waals surface area contributed by atoms with Crippen molar-refractivity contribution in [2.45, 2.75) is 13.5 Å². The fourth-order valence-electron chi connectivity index (χ4n) is 3.19. The van der Waals surface area contributed by atoms with E-state index >= 15 is 0 Å².